The van der Waals surface area contributed by atoms with E-state index in [9.17, 15) is 0 Å². The Morgan fingerprint density at radius 3 is 2.27 bits per heavy atom. The highest BCUT2D eigenvalue weighted by molar-refractivity contribution is 5.62. The lowest BCUT2D eigenvalue weighted by molar-refractivity contribution is 0.913. The minimum absolute atomic E-state index is 1.02. The Bertz CT molecular complexity index is 440. The van der Waals surface area contributed by atoms with E-state index in [0.717, 1.165) is 11.3 Å². The number of nitrogens with zero attached hydrogens (tertiary/aromatic N) is 3. The van der Waals surface area contributed by atoms with Gasteiger partial charge in [0, 0.05) is 38.6 Å². The van der Waals surface area contributed by atoms with Crippen LogP contribution < -0.4 is 4.90 Å². The third kappa shape index (κ3) is 2.01. The van der Waals surface area contributed by atoms with Gasteiger partial charge in [0.05, 0.1) is 12.0 Å². The molecule has 0 atom stereocenters. The molecule has 0 fully saturated rings. The predicted molar refractivity (Wildman–Crippen MR) is 63.0 cm³/mol. The summed E-state index contributed by atoms with van der Waals surface area (Å²) in [6, 6.07) is 8.39. The Balaban J connectivity index is 2.31. The second kappa shape index (κ2) is 3.77. The molecule has 1 aromatic carbocycles. The molecule has 0 amide bonds. The van der Waals surface area contributed by atoms with Crippen molar-refractivity contribution in [1.29, 1.82) is 0 Å². The number of hydrogen-bond donors (Lipinski definition) is 0. The van der Waals surface area contributed by atoms with Gasteiger partial charge < -0.3 is 9.47 Å². The maximum Gasteiger partial charge on any atom is 0.0951 e. The molecule has 0 radical (unpaired) electrons. The normalized spacial score (nSPS) is 10.3. The van der Waals surface area contributed by atoms with Crippen LogP contribution in [0.25, 0.3) is 11.3 Å². The molecule has 0 bridgehead atoms. The molecule has 0 aliphatic carbocycles. The Morgan fingerprint density at radius 1 is 1.13 bits per heavy atom. The minimum atomic E-state index is 1.02. The summed E-state index contributed by atoms with van der Waals surface area (Å²) >= 11 is 0. The fourth-order valence-corrected chi connectivity index (χ4v) is 1.49. The average Bonchev–Trinajstić information content (AvgIpc) is 2.65. The molecule has 78 valence electrons. The zero-order valence-corrected chi connectivity index (χ0v) is 9.31. The monoisotopic (exact) mass is 201 g/mol. The standard InChI is InChI=1S/C12H15N3/c1-14(2)11-6-4-10(5-7-11)12-8-15(3)9-13-12/h4-9H,1-3H3. The summed E-state index contributed by atoms with van der Waals surface area (Å²) in [4.78, 5) is 6.40. The SMILES string of the molecule is CN(C)c1ccc(-c2cn(C)cn2)cc1. The lowest BCUT2D eigenvalue weighted by Gasteiger charge is -2.12. The first-order valence-corrected chi connectivity index (χ1v) is 4.92. The first-order chi connectivity index (χ1) is 7.16. The molecule has 1 heterocycles. The van der Waals surface area contributed by atoms with Crippen molar-refractivity contribution in [2.24, 2.45) is 7.05 Å². The first kappa shape index (κ1) is 9.77. The number of imidazole rings is 1. The van der Waals surface area contributed by atoms with E-state index in [1.165, 1.54) is 5.69 Å². The number of anilines is 1. The Morgan fingerprint density at radius 2 is 1.80 bits per heavy atom. The van der Waals surface area contributed by atoms with Gasteiger partial charge in [-0.3, -0.25) is 0 Å². The molecule has 3 nitrogen and oxygen atoms in total. The average molecular weight is 201 g/mol. The van der Waals surface area contributed by atoms with Gasteiger partial charge in [-0.1, -0.05) is 12.1 Å². The Kier molecular flexibility index (Phi) is 2.46. The van der Waals surface area contributed by atoms with Gasteiger partial charge >= 0.3 is 0 Å². The van der Waals surface area contributed by atoms with Crippen LogP contribution in [-0.2, 0) is 7.05 Å². The molecule has 15 heavy (non-hydrogen) atoms. The van der Waals surface area contributed by atoms with E-state index in [0.29, 0.717) is 0 Å². The van der Waals surface area contributed by atoms with Gasteiger partial charge in [-0.05, 0) is 12.1 Å². The summed E-state index contributed by atoms with van der Waals surface area (Å²) in [6.45, 7) is 0. The molecule has 0 aliphatic rings. The van der Waals surface area contributed by atoms with Crippen molar-refractivity contribution in [2.75, 3.05) is 19.0 Å². The highest BCUT2D eigenvalue weighted by atomic mass is 15.1. The summed E-state index contributed by atoms with van der Waals surface area (Å²) < 4.78 is 1.95. The second-order valence-corrected chi connectivity index (χ2v) is 3.87. The van der Waals surface area contributed by atoms with Crippen LogP contribution in [0.3, 0.4) is 0 Å². The van der Waals surface area contributed by atoms with E-state index in [1.54, 1.807) is 0 Å². The van der Waals surface area contributed by atoms with E-state index in [2.05, 4.69) is 34.1 Å². The largest absolute Gasteiger partial charge is 0.378 e. The summed E-state index contributed by atoms with van der Waals surface area (Å²) in [5.41, 5.74) is 3.37. The zero-order valence-electron chi connectivity index (χ0n) is 9.31. The van der Waals surface area contributed by atoms with Crippen LogP contribution in [0, 0.1) is 0 Å². The number of aromatic nitrogens is 2. The van der Waals surface area contributed by atoms with E-state index in [1.807, 2.05) is 38.2 Å². The van der Waals surface area contributed by atoms with Crippen molar-refractivity contribution < 1.29 is 0 Å². The lowest BCUT2D eigenvalue weighted by Crippen LogP contribution is -2.07. The van der Waals surface area contributed by atoms with Gasteiger partial charge in [-0.25, -0.2) is 4.98 Å². The van der Waals surface area contributed by atoms with Crippen LogP contribution in [0.1, 0.15) is 0 Å². The van der Waals surface area contributed by atoms with E-state index in [-0.39, 0.29) is 0 Å². The third-order valence-electron chi connectivity index (χ3n) is 2.38. The molecular weight excluding hydrogens is 186 g/mol. The molecule has 0 aliphatic heterocycles. The molecular formula is C12H15N3. The van der Waals surface area contributed by atoms with Crippen LogP contribution in [0.15, 0.2) is 36.8 Å². The van der Waals surface area contributed by atoms with Gasteiger partial charge in [0.25, 0.3) is 0 Å². The predicted octanol–water partition coefficient (Wildman–Crippen LogP) is 2.15. The molecule has 0 spiro atoms. The topological polar surface area (TPSA) is 21.1 Å². The van der Waals surface area contributed by atoms with E-state index in [4.69, 9.17) is 0 Å². The first-order valence-electron chi connectivity index (χ1n) is 4.92. The lowest BCUT2D eigenvalue weighted by atomic mass is 10.1. The van der Waals surface area contributed by atoms with Gasteiger partial charge in [-0.15, -0.1) is 0 Å². The summed E-state index contributed by atoms with van der Waals surface area (Å²) in [5.74, 6) is 0. The van der Waals surface area contributed by atoms with Crippen LogP contribution in [0.4, 0.5) is 5.69 Å². The number of benzene rings is 1. The number of rotatable bonds is 2. The fraction of sp³-hybridized carbons (Fsp3) is 0.250. The van der Waals surface area contributed by atoms with Gasteiger partial charge in [0.1, 0.15) is 0 Å². The van der Waals surface area contributed by atoms with Crippen LogP contribution in [0.2, 0.25) is 0 Å². The van der Waals surface area contributed by atoms with Crippen molar-refractivity contribution in [3.8, 4) is 11.3 Å². The molecule has 1 aromatic heterocycles. The summed E-state index contributed by atoms with van der Waals surface area (Å²) in [7, 11) is 6.05. The maximum atomic E-state index is 4.31. The van der Waals surface area contributed by atoms with Crippen molar-refractivity contribution >= 4 is 5.69 Å². The van der Waals surface area contributed by atoms with Crippen molar-refractivity contribution in [2.45, 2.75) is 0 Å². The molecule has 0 saturated heterocycles. The van der Waals surface area contributed by atoms with Crippen LogP contribution in [-0.4, -0.2) is 23.6 Å². The molecule has 2 aromatic rings. The smallest absolute Gasteiger partial charge is 0.0951 e. The Labute approximate surface area is 90.0 Å². The van der Waals surface area contributed by atoms with Gasteiger partial charge in [-0.2, -0.15) is 0 Å². The molecule has 0 unspecified atom stereocenters. The fourth-order valence-electron chi connectivity index (χ4n) is 1.49. The van der Waals surface area contributed by atoms with E-state index < -0.39 is 0 Å². The molecule has 3 heteroatoms. The maximum absolute atomic E-state index is 4.31. The second-order valence-electron chi connectivity index (χ2n) is 3.87. The van der Waals surface area contributed by atoms with Gasteiger partial charge in [0.2, 0.25) is 0 Å². The zero-order chi connectivity index (χ0) is 10.8. The molecule has 2 rings (SSSR count). The number of aryl methyl sites for hydroxylation is 1. The van der Waals surface area contributed by atoms with Crippen molar-refractivity contribution in [3.05, 3.63) is 36.8 Å². The van der Waals surface area contributed by atoms with Crippen molar-refractivity contribution in [3.63, 3.8) is 0 Å². The highest BCUT2D eigenvalue weighted by Crippen LogP contribution is 2.20. The van der Waals surface area contributed by atoms with Crippen LogP contribution in [0.5, 0.6) is 0 Å². The third-order valence-corrected chi connectivity index (χ3v) is 2.38. The number of hydrogen-bond acceptors (Lipinski definition) is 2. The van der Waals surface area contributed by atoms with Crippen molar-refractivity contribution in [1.82, 2.24) is 9.55 Å². The van der Waals surface area contributed by atoms with Crippen LogP contribution >= 0.6 is 0 Å². The highest BCUT2D eigenvalue weighted by Gasteiger charge is 2.01. The Hall–Kier alpha value is -1.77. The van der Waals surface area contributed by atoms with E-state index >= 15 is 0 Å². The molecule has 0 N–H and O–H groups in total. The molecule has 0 saturated carbocycles. The quantitative estimate of drug-likeness (QED) is 0.742. The van der Waals surface area contributed by atoms with Gasteiger partial charge in [0.15, 0.2) is 0 Å². The minimum Gasteiger partial charge on any atom is -0.378 e. The summed E-state index contributed by atoms with van der Waals surface area (Å²) in [5, 5.41) is 0. The summed E-state index contributed by atoms with van der Waals surface area (Å²) in [6.07, 6.45) is 3.83.